The maximum Gasteiger partial charge on any atom is 0.364 e. The molecular weight excluding hydrogens is 484 g/mol. The van der Waals surface area contributed by atoms with Crippen LogP contribution >= 0.6 is 15.9 Å². The lowest BCUT2D eigenvalue weighted by molar-refractivity contribution is -2.00. The standard InChI is InChI=1S/C24H18BrO.ClHO4/c1-17-22(18-8-4-2-5-9-18)16-23(19-12-14-21(25)15-13-19)26-24(17)20-10-6-3-7-11-20;2-1(3,4)5/h2-16H,1H3;(H,2,3,4,5)/q+1;/p-1. The first-order valence-corrected chi connectivity index (χ1v) is 11.2. The SMILES string of the molecule is Cc1c(-c2ccccc2)cc(-c2ccc(Br)cc2)[o+]c1-c1ccccc1.[O-][Cl+3]([O-])([O-])[O-]. The van der Waals surface area contributed by atoms with E-state index in [-0.39, 0.29) is 0 Å². The third-order valence-corrected chi connectivity index (χ3v) is 5.01. The zero-order valence-electron chi connectivity index (χ0n) is 16.5. The Morgan fingerprint density at radius 2 is 1.16 bits per heavy atom. The van der Waals surface area contributed by atoms with E-state index in [2.05, 4.69) is 77.5 Å². The molecule has 158 valence electrons. The van der Waals surface area contributed by atoms with E-state index in [0.29, 0.717) is 0 Å². The summed E-state index contributed by atoms with van der Waals surface area (Å²) in [5.74, 6) is 1.77. The van der Waals surface area contributed by atoms with Crippen molar-refractivity contribution in [1.29, 1.82) is 0 Å². The molecule has 0 fully saturated rings. The zero-order chi connectivity index (χ0) is 22.4. The van der Waals surface area contributed by atoms with Gasteiger partial charge in [-0.25, -0.2) is 23.1 Å². The van der Waals surface area contributed by atoms with Crippen LogP contribution in [0.2, 0.25) is 0 Å². The minimum atomic E-state index is -4.94. The average Bonchev–Trinajstić information content (AvgIpc) is 2.75. The number of benzene rings is 3. The topological polar surface area (TPSA) is 104 Å². The number of hydrogen-bond donors (Lipinski definition) is 0. The van der Waals surface area contributed by atoms with Crippen molar-refractivity contribution in [1.82, 2.24) is 0 Å². The second-order valence-corrected chi connectivity index (χ2v) is 8.27. The molecule has 0 spiro atoms. The summed E-state index contributed by atoms with van der Waals surface area (Å²) >= 11 is 3.50. The van der Waals surface area contributed by atoms with Gasteiger partial charge in [-0.3, -0.25) is 0 Å². The fourth-order valence-electron chi connectivity index (χ4n) is 3.12. The maximum absolute atomic E-state index is 8.49. The summed E-state index contributed by atoms with van der Waals surface area (Å²) in [7, 11) is -4.94. The molecule has 0 aliphatic rings. The fraction of sp³-hybridized carbons (Fsp3) is 0.0417. The third kappa shape index (κ3) is 6.70. The van der Waals surface area contributed by atoms with Gasteiger partial charge in [0, 0.05) is 10.0 Å². The lowest BCUT2D eigenvalue weighted by Gasteiger charge is -2.17. The Morgan fingerprint density at radius 1 is 0.677 bits per heavy atom. The summed E-state index contributed by atoms with van der Waals surface area (Å²) in [5, 5.41) is 0. The molecule has 1 aromatic heterocycles. The third-order valence-electron chi connectivity index (χ3n) is 4.48. The van der Waals surface area contributed by atoms with Crippen molar-refractivity contribution in [3.8, 4) is 33.8 Å². The van der Waals surface area contributed by atoms with E-state index in [1.54, 1.807) is 0 Å². The maximum atomic E-state index is 8.49. The fourth-order valence-corrected chi connectivity index (χ4v) is 3.38. The van der Waals surface area contributed by atoms with Crippen LogP contribution in [0.3, 0.4) is 0 Å². The Kier molecular flexibility index (Phi) is 7.56. The summed E-state index contributed by atoms with van der Waals surface area (Å²) in [4.78, 5) is 0. The number of hydrogen-bond acceptors (Lipinski definition) is 4. The Hall–Kier alpha value is -2.58. The monoisotopic (exact) mass is 500 g/mol. The predicted molar refractivity (Wildman–Crippen MR) is 112 cm³/mol. The smallest absolute Gasteiger partial charge is 0.222 e. The average molecular weight is 502 g/mol. The Bertz CT molecular complexity index is 1060. The second kappa shape index (κ2) is 10.2. The molecule has 0 aliphatic carbocycles. The van der Waals surface area contributed by atoms with Crippen molar-refractivity contribution in [3.05, 3.63) is 101 Å². The molecule has 31 heavy (non-hydrogen) atoms. The van der Waals surface area contributed by atoms with E-state index in [9.17, 15) is 0 Å². The van der Waals surface area contributed by atoms with E-state index in [0.717, 1.165) is 32.7 Å². The van der Waals surface area contributed by atoms with E-state index >= 15 is 0 Å². The van der Waals surface area contributed by atoms with Crippen LogP contribution in [-0.2, 0) is 0 Å². The van der Waals surface area contributed by atoms with Gasteiger partial charge in [0.1, 0.15) is 0 Å². The highest BCUT2D eigenvalue weighted by Crippen LogP contribution is 2.36. The number of rotatable bonds is 3. The summed E-state index contributed by atoms with van der Waals surface area (Å²) in [5.41, 5.74) is 5.66. The Labute approximate surface area is 190 Å². The first-order valence-electron chi connectivity index (χ1n) is 9.18. The molecule has 0 aliphatic heterocycles. The Morgan fingerprint density at radius 3 is 1.68 bits per heavy atom. The summed E-state index contributed by atoms with van der Waals surface area (Å²) < 4.78 is 41.4. The normalized spacial score (nSPS) is 10.9. The molecule has 0 radical (unpaired) electrons. The van der Waals surface area contributed by atoms with Gasteiger partial charge in [0.25, 0.3) is 0 Å². The van der Waals surface area contributed by atoms with Gasteiger partial charge in [-0.05, 0) is 48.9 Å². The van der Waals surface area contributed by atoms with Crippen molar-refractivity contribution in [2.45, 2.75) is 6.92 Å². The highest BCUT2D eigenvalue weighted by Gasteiger charge is 2.24. The van der Waals surface area contributed by atoms with Gasteiger partial charge in [0.05, 0.1) is 22.8 Å². The van der Waals surface area contributed by atoms with Crippen LogP contribution in [0.25, 0.3) is 33.8 Å². The van der Waals surface area contributed by atoms with Crippen molar-refractivity contribution in [2.75, 3.05) is 0 Å². The van der Waals surface area contributed by atoms with Gasteiger partial charge in [-0.15, -0.1) is 10.2 Å². The van der Waals surface area contributed by atoms with Gasteiger partial charge < -0.3 is 0 Å². The van der Waals surface area contributed by atoms with Crippen LogP contribution in [0, 0.1) is 17.2 Å². The summed E-state index contributed by atoms with van der Waals surface area (Å²) in [6, 6.07) is 31.1. The molecule has 0 saturated heterocycles. The van der Waals surface area contributed by atoms with Crippen molar-refractivity contribution < 1.29 is 33.3 Å². The molecule has 1 heterocycles. The van der Waals surface area contributed by atoms with Crippen molar-refractivity contribution in [2.24, 2.45) is 0 Å². The quantitative estimate of drug-likeness (QED) is 0.402. The summed E-state index contributed by atoms with van der Waals surface area (Å²) in [6.07, 6.45) is 0. The molecular formula is C24H18BrClO5. The van der Waals surface area contributed by atoms with Gasteiger partial charge in [-0.2, -0.15) is 0 Å². The molecule has 0 amide bonds. The van der Waals surface area contributed by atoms with Gasteiger partial charge in [0.15, 0.2) is 0 Å². The lowest BCUT2D eigenvalue weighted by Crippen LogP contribution is -2.68. The van der Waals surface area contributed by atoms with Gasteiger partial charge >= 0.3 is 11.5 Å². The molecule has 0 N–H and O–H groups in total. The van der Waals surface area contributed by atoms with Crippen LogP contribution < -0.4 is 18.6 Å². The predicted octanol–water partition coefficient (Wildman–Crippen LogP) is 2.88. The van der Waals surface area contributed by atoms with Crippen molar-refractivity contribution >= 4 is 15.9 Å². The molecule has 3 aromatic carbocycles. The summed E-state index contributed by atoms with van der Waals surface area (Å²) in [6.45, 7) is 2.12. The van der Waals surface area contributed by atoms with Crippen LogP contribution in [0.5, 0.6) is 0 Å². The molecule has 7 heteroatoms. The van der Waals surface area contributed by atoms with Crippen LogP contribution in [0.4, 0.5) is 0 Å². The lowest BCUT2D eigenvalue weighted by atomic mass is 9.96. The first kappa shape index (κ1) is 23.1. The second-order valence-electron chi connectivity index (χ2n) is 6.60. The minimum absolute atomic E-state index is 0.862. The largest absolute Gasteiger partial charge is 0.364 e. The van der Waals surface area contributed by atoms with E-state index in [1.807, 2.05) is 36.4 Å². The Balaban J connectivity index is 0.000000491. The minimum Gasteiger partial charge on any atom is -0.222 e. The van der Waals surface area contributed by atoms with Crippen LogP contribution in [-0.4, -0.2) is 0 Å². The van der Waals surface area contributed by atoms with Crippen LogP contribution in [0.15, 0.2) is 99.9 Å². The van der Waals surface area contributed by atoms with Gasteiger partial charge in [-0.1, -0.05) is 64.5 Å². The number of halogens is 2. The molecule has 4 rings (SSSR count). The van der Waals surface area contributed by atoms with E-state index < -0.39 is 10.2 Å². The first-order chi connectivity index (χ1) is 14.7. The highest BCUT2D eigenvalue weighted by atomic mass is 79.9. The van der Waals surface area contributed by atoms with Crippen LogP contribution in [0.1, 0.15) is 5.56 Å². The molecule has 5 nitrogen and oxygen atoms in total. The molecule has 0 saturated carbocycles. The zero-order valence-corrected chi connectivity index (χ0v) is 18.8. The molecule has 0 bridgehead atoms. The van der Waals surface area contributed by atoms with E-state index in [4.69, 9.17) is 23.1 Å². The van der Waals surface area contributed by atoms with Gasteiger partial charge in [0.2, 0.25) is 0 Å². The highest BCUT2D eigenvalue weighted by molar-refractivity contribution is 9.10. The molecule has 0 atom stereocenters. The van der Waals surface area contributed by atoms with E-state index in [1.165, 1.54) is 11.1 Å². The molecule has 0 unspecified atom stereocenters. The van der Waals surface area contributed by atoms with Crippen molar-refractivity contribution in [3.63, 3.8) is 0 Å². The molecule has 4 aromatic rings.